The predicted octanol–water partition coefficient (Wildman–Crippen LogP) is 2.17. The highest BCUT2D eigenvalue weighted by molar-refractivity contribution is 7.18. The number of nitrogens with zero attached hydrogens (tertiary/aromatic N) is 1. The minimum atomic E-state index is -0.115. The monoisotopic (exact) mass is 255 g/mol. The van der Waals surface area contributed by atoms with E-state index in [0.717, 1.165) is 18.0 Å². The fourth-order valence-electron chi connectivity index (χ4n) is 1.43. The van der Waals surface area contributed by atoms with Gasteiger partial charge in [-0.25, -0.2) is 0 Å². The van der Waals surface area contributed by atoms with Crippen molar-refractivity contribution in [3.8, 4) is 0 Å². The van der Waals surface area contributed by atoms with Crippen LogP contribution in [0.3, 0.4) is 0 Å². The molecule has 17 heavy (non-hydrogen) atoms. The van der Waals surface area contributed by atoms with Gasteiger partial charge < -0.3 is 16.0 Å². The molecule has 0 aliphatic carbocycles. The molecule has 0 aliphatic rings. The Balaban J connectivity index is 2.75. The van der Waals surface area contributed by atoms with E-state index in [2.05, 4.69) is 24.1 Å². The van der Waals surface area contributed by atoms with Gasteiger partial charge in [0.05, 0.1) is 10.7 Å². The van der Waals surface area contributed by atoms with Crippen LogP contribution in [0.1, 0.15) is 29.9 Å². The van der Waals surface area contributed by atoms with Crippen LogP contribution in [0.4, 0.5) is 10.7 Å². The van der Waals surface area contributed by atoms with E-state index in [0.29, 0.717) is 16.5 Å². The number of carbonyl (C=O) groups is 1. The first-order valence-corrected chi connectivity index (χ1v) is 6.59. The van der Waals surface area contributed by atoms with E-state index in [1.807, 2.05) is 13.1 Å². The molecule has 5 heteroatoms. The zero-order valence-electron chi connectivity index (χ0n) is 10.9. The van der Waals surface area contributed by atoms with Crippen LogP contribution in [0, 0.1) is 5.92 Å². The average molecular weight is 255 g/mol. The van der Waals surface area contributed by atoms with Gasteiger partial charge >= 0.3 is 0 Å². The number of nitrogens with two attached hydrogens (primary N) is 1. The lowest BCUT2D eigenvalue weighted by Gasteiger charge is -2.17. The summed E-state index contributed by atoms with van der Waals surface area (Å²) >= 11 is 1.44. The second-order valence-corrected chi connectivity index (χ2v) is 5.58. The second kappa shape index (κ2) is 5.91. The Morgan fingerprint density at radius 2 is 2.24 bits per heavy atom. The van der Waals surface area contributed by atoms with Crippen molar-refractivity contribution in [1.82, 2.24) is 5.32 Å². The fraction of sp³-hybridized carbons (Fsp3) is 0.583. The first kappa shape index (κ1) is 13.8. The van der Waals surface area contributed by atoms with E-state index in [9.17, 15) is 4.79 Å². The van der Waals surface area contributed by atoms with Crippen molar-refractivity contribution < 1.29 is 4.79 Å². The van der Waals surface area contributed by atoms with Crippen LogP contribution in [-0.4, -0.2) is 26.5 Å². The molecule has 0 atom stereocenters. The molecule has 0 radical (unpaired) electrons. The van der Waals surface area contributed by atoms with Crippen LogP contribution in [0.15, 0.2) is 6.07 Å². The smallest absolute Gasteiger partial charge is 0.263 e. The quantitative estimate of drug-likeness (QED) is 0.848. The summed E-state index contributed by atoms with van der Waals surface area (Å²) in [5.74, 6) is 0.559. The molecule has 0 aliphatic heterocycles. The molecule has 0 unspecified atom stereocenters. The maximum absolute atomic E-state index is 11.5. The second-order valence-electron chi connectivity index (χ2n) is 4.55. The lowest BCUT2D eigenvalue weighted by molar-refractivity contribution is 0.0968. The van der Waals surface area contributed by atoms with Crippen molar-refractivity contribution in [2.45, 2.75) is 20.3 Å². The van der Waals surface area contributed by atoms with E-state index in [4.69, 9.17) is 5.73 Å². The van der Waals surface area contributed by atoms with E-state index in [-0.39, 0.29) is 5.91 Å². The SMILES string of the molecule is CNC(=O)c1sc(N(C)CCC(C)C)cc1N. The number of rotatable bonds is 5. The Morgan fingerprint density at radius 1 is 1.59 bits per heavy atom. The third-order valence-electron chi connectivity index (χ3n) is 2.60. The topological polar surface area (TPSA) is 58.4 Å². The van der Waals surface area contributed by atoms with Gasteiger partial charge in [-0.1, -0.05) is 13.8 Å². The standard InChI is InChI=1S/C12H21N3OS/c1-8(2)5-6-15(4)10-7-9(13)11(17-10)12(16)14-3/h7-8H,5-6,13H2,1-4H3,(H,14,16). The average Bonchev–Trinajstić information content (AvgIpc) is 2.67. The summed E-state index contributed by atoms with van der Waals surface area (Å²) in [5.41, 5.74) is 6.39. The molecule has 0 bridgehead atoms. The first-order valence-electron chi connectivity index (χ1n) is 5.78. The third-order valence-corrected chi connectivity index (χ3v) is 3.86. The van der Waals surface area contributed by atoms with Gasteiger partial charge in [-0.15, -0.1) is 11.3 Å². The Morgan fingerprint density at radius 3 is 2.76 bits per heavy atom. The predicted molar refractivity (Wildman–Crippen MR) is 74.8 cm³/mol. The zero-order valence-corrected chi connectivity index (χ0v) is 11.7. The largest absolute Gasteiger partial charge is 0.397 e. The van der Waals surface area contributed by atoms with E-state index in [1.54, 1.807) is 7.05 Å². The van der Waals surface area contributed by atoms with Gasteiger partial charge in [0.2, 0.25) is 0 Å². The number of hydrogen-bond donors (Lipinski definition) is 2. The van der Waals surface area contributed by atoms with Gasteiger partial charge in [0.15, 0.2) is 0 Å². The number of amides is 1. The van der Waals surface area contributed by atoms with Crippen LogP contribution in [0.5, 0.6) is 0 Å². The molecule has 1 aromatic rings. The molecule has 1 amide bonds. The molecule has 1 rings (SSSR count). The number of nitrogen functional groups attached to an aromatic ring is 1. The summed E-state index contributed by atoms with van der Waals surface area (Å²) in [6.07, 6.45) is 1.13. The normalized spacial score (nSPS) is 10.6. The molecule has 1 heterocycles. The highest BCUT2D eigenvalue weighted by Crippen LogP contribution is 2.31. The molecule has 0 aromatic carbocycles. The van der Waals surface area contributed by atoms with E-state index >= 15 is 0 Å². The number of thiophene rings is 1. The van der Waals surface area contributed by atoms with Crippen molar-refractivity contribution in [2.75, 3.05) is 31.3 Å². The molecular weight excluding hydrogens is 234 g/mol. The van der Waals surface area contributed by atoms with Gasteiger partial charge in [0.1, 0.15) is 4.88 Å². The summed E-state index contributed by atoms with van der Waals surface area (Å²) in [5, 5.41) is 3.64. The maximum atomic E-state index is 11.5. The lowest BCUT2D eigenvalue weighted by atomic mass is 10.1. The Labute approximate surface area is 107 Å². The maximum Gasteiger partial charge on any atom is 0.263 e. The van der Waals surface area contributed by atoms with Crippen LogP contribution < -0.4 is 16.0 Å². The van der Waals surface area contributed by atoms with Crippen LogP contribution >= 0.6 is 11.3 Å². The molecule has 0 spiro atoms. The van der Waals surface area contributed by atoms with Crippen LogP contribution in [0.25, 0.3) is 0 Å². The van der Waals surface area contributed by atoms with Gasteiger partial charge in [-0.3, -0.25) is 4.79 Å². The zero-order chi connectivity index (χ0) is 13.0. The molecule has 0 saturated heterocycles. The minimum absolute atomic E-state index is 0.115. The first-order chi connectivity index (χ1) is 7.95. The van der Waals surface area contributed by atoms with Crippen molar-refractivity contribution >= 4 is 27.9 Å². The van der Waals surface area contributed by atoms with Crippen LogP contribution in [-0.2, 0) is 0 Å². The highest BCUT2D eigenvalue weighted by Gasteiger charge is 2.15. The van der Waals surface area contributed by atoms with Gasteiger partial charge in [-0.2, -0.15) is 0 Å². The summed E-state index contributed by atoms with van der Waals surface area (Å²) < 4.78 is 0. The molecule has 0 fully saturated rings. The van der Waals surface area contributed by atoms with Gasteiger partial charge in [-0.05, 0) is 18.4 Å². The molecule has 96 valence electrons. The van der Waals surface area contributed by atoms with E-state index < -0.39 is 0 Å². The van der Waals surface area contributed by atoms with Gasteiger partial charge in [0.25, 0.3) is 5.91 Å². The molecule has 1 aromatic heterocycles. The molecular formula is C12H21N3OS. The Bertz CT molecular complexity index is 387. The van der Waals surface area contributed by atoms with Crippen molar-refractivity contribution in [1.29, 1.82) is 0 Å². The molecule has 0 saturated carbocycles. The Hall–Kier alpha value is -1.23. The highest BCUT2D eigenvalue weighted by atomic mass is 32.1. The number of nitrogens with one attached hydrogen (secondary N) is 1. The lowest BCUT2D eigenvalue weighted by Crippen LogP contribution is -2.19. The summed E-state index contributed by atoms with van der Waals surface area (Å²) in [4.78, 5) is 14.3. The van der Waals surface area contributed by atoms with E-state index in [1.165, 1.54) is 11.3 Å². The van der Waals surface area contributed by atoms with Crippen LogP contribution in [0.2, 0.25) is 0 Å². The third kappa shape index (κ3) is 3.63. The van der Waals surface area contributed by atoms with Crippen molar-refractivity contribution in [3.05, 3.63) is 10.9 Å². The summed E-state index contributed by atoms with van der Waals surface area (Å²) in [6, 6.07) is 1.87. The fourth-order valence-corrected chi connectivity index (χ4v) is 2.45. The number of hydrogen-bond acceptors (Lipinski definition) is 4. The summed E-state index contributed by atoms with van der Waals surface area (Å²) in [7, 11) is 3.64. The molecule has 4 nitrogen and oxygen atoms in total. The minimum Gasteiger partial charge on any atom is -0.397 e. The molecule has 3 N–H and O–H groups in total. The number of anilines is 2. The summed E-state index contributed by atoms with van der Waals surface area (Å²) in [6.45, 7) is 5.38. The van der Waals surface area contributed by atoms with Crippen molar-refractivity contribution in [2.24, 2.45) is 5.92 Å². The van der Waals surface area contributed by atoms with Crippen molar-refractivity contribution in [3.63, 3.8) is 0 Å². The van der Waals surface area contributed by atoms with Gasteiger partial charge in [0, 0.05) is 20.6 Å². The number of carbonyl (C=O) groups excluding carboxylic acids is 1. The Kier molecular flexibility index (Phi) is 4.81.